The topological polar surface area (TPSA) is 76.4 Å². The Bertz CT molecular complexity index is 842. The van der Waals surface area contributed by atoms with Crippen LogP contribution in [-0.2, 0) is 20.0 Å². The highest BCUT2D eigenvalue weighted by Crippen LogP contribution is 2.22. The fourth-order valence-corrected chi connectivity index (χ4v) is 4.02. The van der Waals surface area contributed by atoms with Crippen molar-refractivity contribution in [2.45, 2.75) is 78.0 Å². The monoisotopic (exact) mass is 540 g/mol. The van der Waals surface area contributed by atoms with Gasteiger partial charge < -0.3 is 15.4 Å². The van der Waals surface area contributed by atoms with Crippen LogP contribution in [0.1, 0.15) is 61.5 Å². The molecule has 0 bridgehead atoms. The Hall–Kier alpha value is -1.84. The van der Waals surface area contributed by atoms with Gasteiger partial charge in [-0.15, -0.1) is 24.0 Å². The summed E-state index contributed by atoms with van der Waals surface area (Å²) in [6.07, 6.45) is 9.24. The first-order chi connectivity index (χ1) is 14.5. The summed E-state index contributed by atoms with van der Waals surface area (Å²) in [5.41, 5.74) is 4.70. The highest BCUT2D eigenvalue weighted by atomic mass is 127. The smallest absolute Gasteiger partial charge is 0.213 e. The third kappa shape index (κ3) is 7.36. The van der Waals surface area contributed by atoms with E-state index >= 15 is 0 Å². The van der Waals surface area contributed by atoms with Crippen LogP contribution in [0.5, 0.6) is 5.88 Å². The van der Waals surface area contributed by atoms with E-state index in [0.717, 1.165) is 42.4 Å². The molecule has 172 valence electrons. The van der Waals surface area contributed by atoms with Crippen molar-refractivity contribution in [2.75, 3.05) is 7.05 Å². The van der Waals surface area contributed by atoms with Crippen LogP contribution in [0.2, 0.25) is 0 Å². The fraction of sp³-hybridized carbons (Fsp3) is 0.609. The summed E-state index contributed by atoms with van der Waals surface area (Å²) < 4.78 is 7.96. The number of aliphatic imine (C=N–C) groups is 1. The largest absolute Gasteiger partial charge is 0.474 e. The summed E-state index contributed by atoms with van der Waals surface area (Å²) in [7, 11) is 3.78. The Balaban J connectivity index is 0.00000341. The number of hydrogen-bond acceptors (Lipinski definition) is 4. The van der Waals surface area contributed by atoms with Gasteiger partial charge in [0.05, 0.1) is 5.69 Å². The quantitative estimate of drug-likeness (QED) is 0.315. The van der Waals surface area contributed by atoms with E-state index in [1.807, 2.05) is 24.0 Å². The Morgan fingerprint density at radius 1 is 1.26 bits per heavy atom. The van der Waals surface area contributed by atoms with Crippen molar-refractivity contribution >= 4 is 29.9 Å². The molecular weight excluding hydrogens is 503 g/mol. The SMILES string of the molecule is CN=C(NCc1ccc(OC2CCCCC2)nc1)NC(C)Cc1c(C)nn(C)c1C.I. The summed E-state index contributed by atoms with van der Waals surface area (Å²) in [4.78, 5) is 8.84. The van der Waals surface area contributed by atoms with Crippen LogP contribution in [0, 0.1) is 13.8 Å². The van der Waals surface area contributed by atoms with Crippen LogP contribution in [0.25, 0.3) is 0 Å². The van der Waals surface area contributed by atoms with Crippen LogP contribution in [-0.4, -0.2) is 39.9 Å². The molecule has 3 rings (SSSR count). The molecule has 2 N–H and O–H groups in total. The predicted octanol–water partition coefficient (Wildman–Crippen LogP) is 4.06. The second-order valence-corrected chi connectivity index (χ2v) is 8.33. The molecule has 0 aliphatic heterocycles. The minimum absolute atomic E-state index is 0. The molecule has 8 heteroatoms. The first kappa shape index (κ1) is 25.4. The molecule has 0 saturated heterocycles. The number of pyridine rings is 1. The second-order valence-electron chi connectivity index (χ2n) is 8.33. The third-order valence-electron chi connectivity index (χ3n) is 5.87. The summed E-state index contributed by atoms with van der Waals surface area (Å²) >= 11 is 0. The van der Waals surface area contributed by atoms with Crippen molar-refractivity contribution in [2.24, 2.45) is 12.0 Å². The van der Waals surface area contributed by atoms with E-state index in [9.17, 15) is 0 Å². The Morgan fingerprint density at radius 2 is 2.00 bits per heavy atom. The second kappa shape index (κ2) is 12.3. The van der Waals surface area contributed by atoms with Gasteiger partial charge in [0.1, 0.15) is 6.10 Å². The van der Waals surface area contributed by atoms with Gasteiger partial charge in [0.2, 0.25) is 5.88 Å². The molecule has 1 unspecified atom stereocenters. The molecule has 1 saturated carbocycles. The molecule has 7 nitrogen and oxygen atoms in total. The summed E-state index contributed by atoms with van der Waals surface area (Å²) in [5, 5.41) is 11.4. The van der Waals surface area contributed by atoms with Gasteiger partial charge in [0.25, 0.3) is 0 Å². The highest BCUT2D eigenvalue weighted by Gasteiger charge is 2.16. The van der Waals surface area contributed by atoms with Gasteiger partial charge in [-0.2, -0.15) is 5.10 Å². The van der Waals surface area contributed by atoms with Gasteiger partial charge in [-0.1, -0.05) is 12.5 Å². The molecule has 0 spiro atoms. The van der Waals surface area contributed by atoms with E-state index in [4.69, 9.17) is 4.74 Å². The molecule has 0 radical (unpaired) electrons. The average molecular weight is 540 g/mol. The number of nitrogens with zero attached hydrogens (tertiary/aromatic N) is 4. The van der Waals surface area contributed by atoms with E-state index < -0.39 is 0 Å². The van der Waals surface area contributed by atoms with Crippen molar-refractivity contribution < 1.29 is 4.74 Å². The number of ether oxygens (including phenoxy) is 1. The van der Waals surface area contributed by atoms with Gasteiger partial charge in [0, 0.05) is 44.6 Å². The lowest BCUT2D eigenvalue weighted by Gasteiger charge is -2.22. The number of hydrogen-bond donors (Lipinski definition) is 2. The standard InChI is InChI=1S/C23H36N6O.HI/c1-16(13-21-17(2)28-29(5)18(21)3)27-23(24-4)26-15-19-11-12-22(25-14-19)30-20-9-7-6-8-10-20;/h11-12,14,16,20H,6-10,13,15H2,1-5H3,(H2,24,26,27);1H. The maximum Gasteiger partial charge on any atom is 0.213 e. The number of guanidine groups is 1. The minimum atomic E-state index is 0. The first-order valence-electron chi connectivity index (χ1n) is 11.0. The van der Waals surface area contributed by atoms with Crippen molar-refractivity contribution in [1.82, 2.24) is 25.4 Å². The molecule has 1 fully saturated rings. The lowest BCUT2D eigenvalue weighted by Crippen LogP contribution is -2.42. The molecule has 1 atom stereocenters. The molecule has 0 amide bonds. The molecule has 0 aromatic carbocycles. The maximum absolute atomic E-state index is 6.01. The zero-order valence-corrected chi connectivity index (χ0v) is 21.8. The zero-order chi connectivity index (χ0) is 21.5. The third-order valence-corrected chi connectivity index (χ3v) is 5.87. The zero-order valence-electron chi connectivity index (χ0n) is 19.4. The summed E-state index contributed by atoms with van der Waals surface area (Å²) in [5.74, 6) is 1.51. The maximum atomic E-state index is 6.01. The lowest BCUT2D eigenvalue weighted by molar-refractivity contribution is 0.148. The van der Waals surface area contributed by atoms with Gasteiger partial charge >= 0.3 is 0 Å². The van der Waals surface area contributed by atoms with E-state index in [2.05, 4.69) is 52.5 Å². The molecule has 2 heterocycles. The van der Waals surface area contributed by atoms with Gasteiger partial charge in [-0.3, -0.25) is 9.67 Å². The van der Waals surface area contributed by atoms with E-state index in [1.165, 1.54) is 30.5 Å². The van der Waals surface area contributed by atoms with Crippen LogP contribution in [0.3, 0.4) is 0 Å². The Kier molecular flexibility index (Phi) is 10.1. The van der Waals surface area contributed by atoms with E-state index in [1.54, 1.807) is 7.05 Å². The fourth-order valence-electron chi connectivity index (χ4n) is 4.02. The number of halogens is 1. The molecule has 1 aliphatic rings. The average Bonchev–Trinajstić information content (AvgIpc) is 2.99. The number of aryl methyl sites for hydroxylation is 2. The summed E-state index contributed by atoms with van der Waals surface area (Å²) in [6.45, 7) is 7.01. The van der Waals surface area contributed by atoms with E-state index in [0.29, 0.717) is 12.6 Å². The normalized spacial score (nSPS) is 15.8. The lowest BCUT2D eigenvalue weighted by atomic mass is 9.98. The van der Waals surface area contributed by atoms with Gasteiger partial charge in [-0.05, 0) is 64.0 Å². The van der Waals surface area contributed by atoms with Crippen molar-refractivity contribution in [3.8, 4) is 5.88 Å². The molecule has 2 aromatic rings. The number of nitrogens with one attached hydrogen (secondary N) is 2. The Labute approximate surface area is 203 Å². The summed E-state index contributed by atoms with van der Waals surface area (Å²) in [6, 6.07) is 4.28. The molecule has 2 aromatic heterocycles. The molecule has 1 aliphatic carbocycles. The van der Waals surface area contributed by atoms with E-state index in [-0.39, 0.29) is 30.0 Å². The van der Waals surface area contributed by atoms with Crippen molar-refractivity contribution in [3.05, 3.63) is 40.8 Å². The van der Waals surface area contributed by atoms with Crippen molar-refractivity contribution in [3.63, 3.8) is 0 Å². The van der Waals surface area contributed by atoms with Crippen LogP contribution in [0.15, 0.2) is 23.3 Å². The predicted molar refractivity (Wildman–Crippen MR) is 136 cm³/mol. The highest BCUT2D eigenvalue weighted by molar-refractivity contribution is 14.0. The number of rotatable bonds is 7. The first-order valence-corrected chi connectivity index (χ1v) is 11.0. The number of aromatic nitrogens is 3. The van der Waals surface area contributed by atoms with Gasteiger partial charge in [0.15, 0.2) is 5.96 Å². The van der Waals surface area contributed by atoms with Crippen molar-refractivity contribution in [1.29, 1.82) is 0 Å². The molecular formula is C23H37IN6O. The van der Waals surface area contributed by atoms with Crippen LogP contribution < -0.4 is 15.4 Å². The van der Waals surface area contributed by atoms with Crippen LogP contribution >= 0.6 is 24.0 Å². The minimum Gasteiger partial charge on any atom is -0.474 e. The van der Waals surface area contributed by atoms with Crippen LogP contribution in [0.4, 0.5) is 0 Å². The van der Waals surface area contributed by atoms with Gasteiger partial charge in [-0.25, -0.2) is 4.98 Å². The molecule has 31 heavy (non-hydrogen) atoms. The Morgan fingerprint density at radius 3 is 2.58 bits per heavy atom.